The molecule has 34 heavy (non-hydrogen) atoms. The highest BCUT2D eigenvalue weighted by atomic mass is 19.1. The van der Waals surface area contributed by atoms with E-state index in [9.17, 15) is 9.65 Å². The van der Waals surface area contributed by atoms with Gasteiger partial charge < -0.3 is 4.57 Å². The standard InChI is InChI=1S/C27H19FN6/c1-33-26(20-8-4-2-5-9-20)30-31-27(33)21(17-29)16-22-18-34(24-10-6-3-7-11-24)32-25(22)19-12-14-23(28)15-13-19/h2-16,18H,1H3/b21-16+. The monoisotopic (exact) mass is 446 g/mol. The third-order valence-electron chi connectivity index (χ3n) is 5.45. The van der Waals surface area contributed by atoms with Crippen molar-refractivity contribution >= 4 is 11.6 Å². The SMILES string of the molecule is Cn1c(/C(C#N)=C/c2cn(-c3ccccc3)nc2-c2ccc(F)cc2)nnc1-c1ccccc1. The molecule has 0 radical (unpaired) electrons. The highest BCUT2D eigenvalue weighted by molar-refractivity contribution is 5.90. The first-order valence-electron chi connectivity index (χ1n) is 10.6. The summed E-state index contributed by atoms with van der Waals surface area (Å²) in [5, 5.41) is 23.3. The van der Waals surface area contributed by atoms with Crippen LogP contribution in [0.2, 0.25) is 0 Å². The average Bonchev–Trinajstić information content (AvgIpc) is 3.48. The molecule has 0 spiro atoms. The fourth-order valence-corrected chi connectivity index (χ4v) is 3.74. The maximum absolute atomic E-state index is 13.5. The molecule has 6 nitrogen and oxygen atoms in total. The molecule has 0 saturated heterocycles. The van der Waals surface area contributed by atoms with Crippen LogP contribution in [0.5, 0.6) is 0 Å². The Bertz CT molecular complexity index is 1510. The summed E-state index contributed by atoms with van der Waals surface area (Å²) in [6.07, 6.45) is 3.59. The molecule has 0 aliphatic carbocycles. The number of hydrogen-bond acceptors (Lipinski definition) is 4. The lowest BCUT2D eigenvalue weighted by molar-refractivity contribution is 0.628. The van der Waals surface area contributed by atoms with Gasteiger partial charge in [0.25, 0.3) is 0 Å². The van der Waals surface area contributed by atoms with E-state index in [1.54, 1.807) is 27.5 Å². The van der Waals surface area contributed by atoms with Crippen molar-refractivity contribution < 1.29 is 4.39 Å². The van der Waals surface area contributed by atoms with Gasteiger partial charge in [0.05, 0.1) is 17.0 Å². The Labute approximate surface area is 195 Å². The fourth-order valence-electron chi connectivity index (χ4n) is 3.74. The molecule has 0 fully saturated rings. The van der Waals surface area contributed by atoms with E-state index in [4.69, 9.17) is 5.10 Å². The molecule has 0 bridgehead atoms. The average molecular weight is 446 g/mol. The third kappa shape index (κ3) is 4.00. The zero-order chi connectivity index (χ0) is 23.5. The number of nitriles is 1. The Morgan fingerprint density at radius 1 is 0.882 bits per heavy atom. The molecule has 0 saturated carbocycles. The van der Waals surface area contributed by atoms with Crippen molar-refractivity contribution in [3.63, 3.8) is 0 Å². The van der Waals surface area contributed by atoms with Crippen molar-refractivity contribution in [2.45, 2.75) is 0 Å². The van der Waals surface area contributed by atoms with Crippen LogP contribution in [0.4, 0.5) is 4.39 Å². The minimum Gasteiger partial charge on any atom is -0.310 e. The largest absolute Gasteiger partial charge is 0.310 e. The van der Waals surface area contributed by atoms with Gasteiger partial charge in [-0.25, -0.2) is 9.07 Å². The first-order valence-corrected chi connectivity index (χ1v) is 10.6. The summed E-state index contributed by atoms with van der Waals surface area (Å²) >= 11 is 0. The van der Waals surface area contributed by atoms with Crippen molar-refractivity contribution in [3.05, 3.63) is 108 Å². The maximum Gasteiger partial charge on any atom is 0.174 e. The maximum atomic E-state index is 13.5. The highest BCUT2D eigenvalue weighted by Gasteiger charge is 2.17. The minimum absolute atomic E-state index is 0.325. The van der Waals surface area contributed by atoms with Gasteiger partial charge in [0.1, 0.15) is 11.9 Å². The molecule has 0 atom stereocenters. The van der Waals surface area contributed by atoms with Crippen LogP contribution in [0, 0.1) is 17.1 Å². The second-order valence-electron chi connectivity index (χ2n) is 7.66. The number of allylic oxidation sites excluding steroid dienone is 1. The highest BCUT2D eigenvalue weighted by Crippen LogP contribution is 2.28. The summed E-state index contributed by atoms with van der Waals surface area (Å²) in [5.41, 5.74) is 4.19. The van der Waals surface area contributed by atoms with Gasteiger partial charge in [-0.3, -0.25) is 0 Å². The van der Waals surface area contributed by atoms with Gasteiger partial charge in [0.2, 0.25) is 0 Å². The summed E-state index contributed by atoms with van der Waals surface area (Å²) in [4.78, 5) is 0. The van der Waals surface area contributed by atoms with Crippen molar-refractivity contribution in [3.8, 4) is 34.4 Å². The molecule has 164 valence electrons. The summed E-state index contributed by atoms with van der Waals surface area (Å²) < 4.78 is 17.1. The number of aromatic nitrogens is 5. The zero-order valence-corrected chi connectivity index (χ0v) is 18.3. The van der Waals surface area contributed by atoms with E-state index < -0.39 is 0 Å². The summed E-state index contributed by atoms with van der Waals surface area (Å²) in [5.74, 6) is 0.780. The van der Waals surface area contributed by atoms with Crippen LogP contribution in [0.3, 0.4) is 0 Å². The first-order chi connectivity index (χ1) is 16.6. The van der Waals surface area contributed by atoms with Crippen LogP contribution in [0.1, 0.15) is 11.4 Å². The summed E-state index contributed by atoms with van der Waals surface area (Å²) in [6, 6.07) is 27.7. The van der Waals surface area contributed by atoms with Gasteiger partial charge in [-0.2, -0.15) is 10.4 Å². The van der Waals surface area contributed by atoms with Gasteiger partial charge in [-0.15, -0.1) is 10.2 Å². The summed E-state index contributed by atoms with van der Waals surface area (Å²) in [6.45, 7) is 0. The molecule has 5 rings (SSSR count). The van der Waals surface area contributed by atoms with Crippen molar-refractivity contribution in [2.75, 3.05) is 0 Å². The predicted octanol–water partition coefficient (Wildman–Crippen LogP) is 5.54. The number of benzene rings is 3. The molecule has 0 aliphatic heterocycles. The first kappa shape index (κ1) is 21.0. The van der Waals surface area contributed by atoms with Gasteiger partial charge >= 0.3 is 0 Å². The number of rotatable bonds is 5. The van der Waals surface area contributed by atoms with Crippen molar-refractivity contribution in [2.24, 2.45) is 7.05 Å². The van der Waals surface area contributed by atoms with E-state index in [1.807, 2.05) is 73.9 Å². The quantitative estimate of drug-likeness (QED) is 0.333. The van der Waals surface area contributed by atoms with E-state index in [1.165, 1.54) is 12.1 Å². The molecule has 2 heterocycles. The topological polar surface area (TPSA) is 72.3 Å². The number of hydrogen-bond donors (Lipinski definition) is 0. The Hall–Kier alpha value is -4.83. The minimum atomic E-state index is -0.325. The Morgan fingerprint density at radius 3 is 2.24 bits per heavy atom. The van der Waals surface area contributed by atoms with Gasteiger partial charge in [-0.1, -0.05) is 48.5 Å². The van der Waals surface area contributed by atoms with Crippen LogP contribution in [0.25, 0.3) is 40.0 Å². The van der Waals surface area contributed by atoms with E-state index >= 15 is 0 Å². The normalized spacial score (nSPS) is 11.4. The molecule has 2 aromatic heterocycles. The molecule has 5 aromatic rings. The third-order valence-corrected chi connectivity index (χ3v) is 5.45. The molecule has 3 aromatic carbocycles. The van der Waals surface area contributed by atoms with Gasteiger partial charge in [-0.05, 0) is 42.5 Å². The Balaban J connectivity index is 1.63. The predicted molar refractivity (Wildman–Crippen MR) is 129 cm³/mol. The van der Waals surface area contributed by atoms with Gasteiger partial charge in [0.15, 0.2) is 11.6 Å². The lowest BCUT2D eigenvalue weighted by Gasteiger charge is -2.04. The van der Waals surface area contributed by atoms with E-state index in [0.29, 0.717) is 28.5 Å². The van der Waals surface area contributed by atoms with Gasteiger partial charge in [0, 0.05) is 29.9 Å². The summed E-state index contributed by atoms with van der Waals surface area (Å²) in [7, 11) is 1.83. The molecule has 0 aliphatic rings. The zero-order valence-electron chi connectivity index (χ0n) is 18.3. The van der Waals surface area contributed by atoms with Crippen LogP contribution in [0.15, 0.2) is 91.1 Å². The molecule has 0 amide bonds. The Kier molecular flexibility index (Phi) is 5.55. The molecule has 0 N–H and O–H groups in total. The van der Waals surface area contributed by atoms with Crippen molar-refractivity contribution in [1.82, 2.24) is 24.5 Å². The molecular weight excluding hydrogens is 427 g/mol. The lowest BCUT2D eigenvalue weighted by Crippen LogP contribution is -1.98. The fraction of sp³-hybridized carbons (Fsp3) is 0.0370. The van der Waals surface area contributed by atoms with E-state index in [2.05, 4.69) is 16.3 Å². The molecule has 7 heteroatoms. The smallest absolute Gasteiger partial charge is 0.174 e. The lowest BCUT2D eigenvalue weighted by atomic mass is 10.1. The second-order valence-corrected chi connectivity index (χ2v) is 7.66. The molecular formula is C27H19FN6. The number of nitrogens with zero attached hydrogens (tertiary/aromatic N) is 6. The van der Waals surface area contributed by atoms with Crippen LogP contribution in [-0.4, -0.2) is 24.5 Å². The van der Waals surface area contributed by atoms with Crippen molar-refractivity contribution in [1.29, 1.82) is 5.26 Å². The van der Waals surface area contributed by atoms with Crippen LogP contribution >= 0.6 is 0 Å². The van der Waals surface area contributed by atoms with E-state index in [-0.39, 0.29) is 5.82 Å². The van der Waals surface area contributed by atoms with E-state index in [0.717, 1.165) is 16.8 Å². The molecule has 0 unspecified atom stereocenters. The van der Waals surface area contributed by atoms with Crippen LogP contribution in [-0.2, 0) is 7.05 Å². The number of para-hydroxylation sites is 1. The number of halogens is 1. The Morgan fingerprint density at radius 2 is 1.56 bits per heavy atom. The second kappa shape index (κ2) is 8.96. The van der Waals surface area contributed by atoms with Crippen LogP contribution < -0.4 is 0 Å².